The molecule has 3 rings (SSSR count). The number of carbonyl (C=O) groups is 2. The minimum absolute atomic E-state index is 0.102. The van der Waals surface area contributed by atoms with Crippen LogP contribution in [0, 0.1) is 11.7 Å². The van der Waals surface area contributed by atoms with Gasteiger partial charge in [0.25, 0.3) is 0 Å². The number of carbonyl (C=O) groups excluding carboxylic acids is 2. The molecule has 6 nitrogen and oxygen atoms in total. The van der Waals surface area contributed by atoms with Gasteiger partial charge in [-0.15, -0.1) is 0 Å². The average molecular weight is 330 g/mol. The smallest absolute Gasteiger partial charge is 0.228 e. The molecule has 126 valence electrons. The van der Waals surface area contributed by atoms with Crippen molar-refractivity contribution in [2.24, 2.45) is 13.0 Å². The van der Waals surface area contributed by atoms with Crippen LogP contribution in [0.25, 0.3) is 0 Å². The molecule has 2 amide bonds. The Morgan fingerprint density at radius 3 is 2.83 bits per heavy atom. The van der Waals surface area contributed by atoms with Gasteiger partial charge in [-0.25, -0.2) is 4.39 Å². The Morgan fingerprint density at radius 1 is 1.42 bits per heavy atom. The molecule has 0 bridgehead atoms. The van der Waals surface area contributed by atoms with Gasteiger partial charge in [-0.05, 0) is 12.1 Å². The lowest BCUT2D eigenvalue weighted by molar-refractivity contribution is -0.135. The minimum atomic E-state index is -0.459. The lowest BCUT2D eigenvalue weighted by atomic mass is 10.1. The first kappa shape index (κ1) is 16.2. The van der Waals surface area contributed by atoms with Crippen LogP contribution >= 0.6 is 0 Å². The SMILES string of the molecule is CN(Cc1cnn(C)c1)C(=O)C1CC(=O)N(c2ccccc2F)C1. The van der Waals surface area contributed by atoms with E-state index in [-0.39, 0.29) is 30.5 Å². The summed E-state index contributed by atoms with van der Waals surface area (Å²) in [4.78, 5) is 27.7. The van der Waals surface area contributed by atoms with Crippen LogP contribution in [0.1, 0.15) is 12.0 Å². The molecular weight excluding hydrogens is 311 g/mol. The Bertz CT molecular complexity index is 773. The van der Waals surface area contributed by atoms with Crippen LogP contribution in [0.5, 0.6) is 0 Å². The number of anilines is 1. The van der Waals surface area contributed by atoms with Crippen molar-refractivity contribution in [2.75, 3.05) is 18.5 Å². The lowest BCUT2D eigenvalue weighted by Crippen LogP contribution is -2.34. The molecule has 7 heteroatoms. The molecule has 0 saturated carbocycles. The molecule has 2 heterocycles. The van der Waals surface area contributed by atoms with Crippen molar-refractivity contribution in [1.82, 2.24) is 14.7 Å². The van der Waals surface area contributed by atoms with Crippen LogP contribution in [-0.4, -0.2) is 40.1 Å². The van der Waals surface area contributed by atoms with Crippen molar-refractivity contribution in [2.45, 2.75) is 13.0 Å². The fraction of sp³-hybridized carbons (Fsp3) is 0.353. The van der Waals surface area contributed by atoms with Gasteiger partial charge in [0.1, 0.15) is 5.82 Å². The maximum absolute atomic E-state index is 13.9. The maximum atomic E-state index is 13.9. The van der Waals surface area contributed by atoms with Crippen LogP contribution < -0.4 is 4.90 Å². The zero-order chi connectivity index (χ0) is 17.3. The highest BCUT2D eigenvalue weighted by Gasteiger charge is 2.37. The quantitative estimate of drug-likeness (QED) is 0.855. The molecule has 0 aliphatic carbocycles. The number of aromatic nitrogens is 2. The first-order chi connectivity index (χ1) is 11.5. The predicted molar refractivity (Wildman–Crippen MR) is 86.5 cm³/mol. The van der Waals surface area contributed by atoms with Crippen molar-refractivity contribution in [3.05, 3.63) is 48.0 Å². The van der Waals surface area contributed by atoms with Crippen molar-refractivity contribution >= 4 is 17.5 Å². The summed E-state index contributed by atoms with van der Waals surface area (Å²) in [6.07, 6.45) is 3.65. The van der Waals surface area contributed by atoms with Crippen molar-refractivity contribution in [1.29, 1.82) is 0 Å². The summed E-state index contributed by atoms with van der Waals surface area (Å²) in [5.74, 6) is -1.26. The number of amides is 2. The summed E-state index contributed by atoms with van der Waals surface area (Å²) in [5.41, 5.74) is 1.15. The number of nitrogens with zero attached hydrogens (tertiary/aromatic N) is 4. The number of aryl methyl sites for hydroxylation is 1. The van der Waals surface area contributed by atoms with E-state index < -0.39 is 11.7 Å². The lowest BCUT2D eigenvalue weighted by Gasteiger charge is -2.21. The highest BCUT2D eigenvalue weighted by Crippen LogP contribution is 2.28. The van der Waals surface area contributed by atoms with Gasteiger partial charge >= 0.3 is 0 Å². The van der Waals surface area contributed by atoms with Gasteiger partial charge in [0.2, 0.25) is 11.8 Å². The van der Waals surface area contributed by atoms with E-state index in [1.165, 1.54) is 11.0 Å². The van der Waals surface area contributed by atoms with Crippen LogP contribution in [0.15, 0.2) is 36.7 Å². The summed E-state index contributed by atoms with van der Waals surface area (Å²) < 4.78 is 15.6. The molecular formula is C17H19FN4O2. The van der Waals surface area contributed by atoms with Gasteiger partial charge in [-0.1, -0.05) is 12.1 Å². The van der Waals surface area contributed by atoms with Crippen LogP contribution in [0.3, 0.4) is 0 Å². The first-order valence-electron chi connectivity index (χ1n) is 7.73. The molecule has 0 radical (unpaired) electrons. The fourth-order valence-electron chi connectivity index (χ4n) is 2.99. The van der Waals surface area contributed by atoms with Crippen molar-refractivity contribution < 1.29 is 14.0 Å². The average Bonchev–Trinajstić information content (AvgIpc) is 3.13. The second-order valence-corrected chi connectivity index (χ2v) is 6.07. The molecule has 1 aromatic carbocycles. The highest BCUT2D eigenvalue weighted by atomic mass is 19.1. The monoisotopic (exact) mass is 330 g/mol. The Balaban J connectivity index is 1.68. The van der Waals surface area contributed by atoms with E-state index >= 15 is 0 Å². The van der Waals surface area contributed by atoms with Gasteiger partial charge in [0.15, 0.2) is 0 Å². The Labute approximate surface area is 139 Å². The zero-order valence-corrected chi connectivity index (χ0v) is 13.6. The maximum Gasteiger partial charge on any atom is 0.228 e. The van der Waals surface area contributed by atoms with E-state index in [1.807, 2.05) is 13.2 Å². The third kappa shape index (κ3) is 3.15. The van der Waals surface area contributed by atoms with Gasteiger partial charge in [0, 0.05) is 45.4 Å². The van der Waals surface area contributed by atoms with Crippen LogP contribution in [-0.2, 0) is 23.2 Å². The zero-order valence-electron chi connectivity index (χ0n) is 13.6. The molecule has 1 unspecified atom stereocenters. The molecule has 1 saturated heterocycles. The number of hydrogen-bond acceptors (Lipinski definition) is 3. The molecule has 1 aliphatic heterocycles. The number of benzene rings is 1. The summed E-state index contributed by atoms with van der Waals surface area (Å²) in [7, 11) is 3.51. The standard InChI is InChI=1S/C17H19FN4O2/c1-20(9-12-8-19-21(2)10-12)17(24)13-7-16(23)22(11-13)15-6-4-3-5-14(15)18/h3-6,8,10,13H,7,9,11H2,1-2H3. The predicted octanol–water partition coefficient (Wildman–Crippen LogP) is 1.57. The second kappa shape index (κ2) is 6.43. The van der Waals surface area contributed by atoms with E-state index in [0.717, 1.165) is 5.56 Å². The molecule has 0 N–H and O–H groups in total. The number of rotatable bonds is 4. The fourth-order valence-corrected chi connectivity index (χ4v) is 2.99. The van der Waals surface area contributed by atoms with Gasteiger partial charge < -0.3 is 9.80 Å². The molecule has 1 aliphatic rings. The molecule has 24 heavy (non-hydrogen) atoms. The molecule has 2 aromatic rings. The van der Waals surface area contributed by atoms with Crippen LogP contribution in [0.4, 0.5) is 10.1 Å². The third-order valence-corrected chi connectivity index (χ3v) is 4.17. The van der Waals surface area contributed by atoms with Gasteiger partial charge in [0.05, 0.1) is 17.8 Å². The first-order valence-corrected chi connectivity index (χ1v) is 7.73. The minimum Gasteiger partial charge on any atom is -0.341 e. The Morgan fingerprint density at radius 2 is 2.17 bits per heavy atom. The number of halogens is 1. The molecule has 1 aromatic heterocycles. The third-order valence-electron chi connectivity index (χ3n) is 4.17. The topological polar surface area (TPSA) is 58.4 Å². The second-order valence-electron chi connectivity index (χ2n) is 6.07. The van der Waals surface area contributed by atoms with E-state index in [0.29, 0.717) is 6.54 Å². The number of hydrogen-bond donors (Lipinski definition) is 0. The van der Waals surface area contributed by atoms with E-state index in [2.05, 4.69) is 5.10 Å². The molecule has 1 atom stereocenters. The van der Waals surface area contributed by atoms with Crippen LogP contribution in [0.2, 0.25) is 0 Å². The van der Waals surface area contributed by atoms with E-state index in [1.54, 1.807) is 41.0 Å². The summed E-state index contributed by atoms with van der Waals surface area (Å²) in [6, 6.07) is 6.12. The normalized spacial score (nSPS) is 17.4. The summed E-state index contributed by atoms with van der Waals surface area (Å²) in [5, 5.41) is 4.07. The van der Waals surface area contributed by atoms with E-state index in [9.17, 15) is 14.0 Å². The van der Waals surface area contributed by atoms with Crippen molar-refractivity contribution in [3.8, 4) is 0 Å². The Kier molecular flexibility index (Phi) is 4.33. The Hall–Kier alpha value is -2.70. The number of para-hydroxylation sites is 1. The molecule has 0 spiro atoms. The van der Waals surface area contributed by atoms with Gasteiger partial charge in [-0.3, -0.25) is 14.3 Å². The van der Waals surface area contributed by atoms with Crippen molar-refractivity contribution in [3.63, 3.8) is 0 Å². The summed E-state index contributed by atoms with van der Waals surface area (Å²) >= 11 is 0. The highest BCUT2D eigenvalue weighted by molar-refractivity contribution is 6.00. The van der Waals surface area contributed by atoms with Gasteiger partial charge in [-0.2, -0.15) is 5.10 Å². The summed E-state index contributed by atoms with van der Waals surface area (Å²) in [6.45, 7) is 0.632. The van der Waals surface area contributed by atoms with E-state index in [4.69, 9.17) is 0 Å². The largest absolute Gasteiger partial charge is 0.341 e. The molecule has 1 fully saturated rings.